The zero-order chi connectivity index (χ0) is 9.68. The Bertz CT molecular complexity index is 269. The van der Waals surface area contributed by atoms with E-state index < -0.39 is 0 Å². The van der Waals surface area contributed by atoms with Gasteiger partial charge in [0.25, 0.3) is 0 Å². The molecule has 13 heavy (non-hydrogen) atoms. The maximum atomic E-state index is 5.93. The molecule has 2 nitrogen and oxygen atoms in total. The van der Waals surface area contributed by atoms with E-state index >= 15 is 0 Å². The van der Waals surface area contributed by atoms with Crippen LogP contribution in [0.2, 0.25) is 0 Å². The van der Waals surface area contributed by atoms with Gasteiger partial charge in [0.05, 0.1) is 0 Å². The number of pyridine rings is 1. The Hall–Kier alpha value is -0.670. The molecule has 0 radical (unpaired) electrons. The first-order valence-corrected chi connectivity index (χ1v) is 5.01. The molecule has 2 N–H and O–H groups in total. The summed E-state index contributed by atoms with van der Waals surface area (Å²) in [4.78, 5) is 4.12. The molecule has 0 aliphatic heterocycles. The molecule has 0 fully saturated rings. The van der Waals surface area contributed by atoms with Crippen LogP contribution in [-0.2, 0) is 0 Å². The molecule has 70 valence electrons. The van der Waals surface area contributed by atoms with E-state index in [2.05, 4.69) is 27.5 Å². The van der Waals surface area contributed by atoms with Gasteiger partial charge in [0.15, 0.2) is 0 Å². The van der Waals surface area contributed by atoms with Crippen LogP contribution in [-0.4, -0.2) is 4.98 Å². The smallest absolute Gasteiger partial charge is 0.106 e. The molecule has 1 rings (SSSR count). The Morgan fingerprint density at radius 3 is 2.92 bits per heavy atom. The van der Waals surface area contributed by atoms with Crippen LogP contribution in [0.4, 0.5) is 0 Å². The Labute approximate surface area is 87.0 Å². The molecule has 0 spiro atoms. The van der Waals surface area contributed by atoms with E-state index in [1.807, 2.05) is 18.2 Å². The third-order valence-electron chi connectivity index (χ3n) is 1.86. The van der Waals surface area contributed by atoms with Gasteiger partial charge in [-0.15, -0.1) is 6.58 Å². The van der Waals surface area contributed by atoms with Crippen LogP contribution in [0.1, 0.15) is 24.4 Å². The van der Waals surface area contributed by atoms with Crippen LogP contribution in [0.5, 0.6) is 0 Å². The Morgan fingerprint density at radius 2 is 2.38 bits per heavy atom. The van der Waals surface area contributed by atoms with Crippen LogP contribution < -0.4 is 5.73 Å². The van der Waals surface area contributed by atoms with Crippen molar-refractivity contribution in [2.24, 2.45) is 5.73 Å². The van der Waals surface area contributed by atoms with Crippen LogP contribution in [0.25, 0.3) is 0 Å². The van der Waals surface area contributed by atoms with Gasteiger partial charge in [0.1, 0.15) is 4.60 Å². The average molecular weight is 241 g/mol. The normalized spacial score (nSPS) is 12.5. The molecule has 0 aromatic carbocycles. The van der Waals surface area contributed by atoms with Crippen molar-refractivity contribution in [3.63, 3.8) is 0 Å². The van der Waals surface area contributed by atoms with Crippen molar-refractivity contribution in [2.45, 2.75) is 18.9 Å². The molecular weight excluding hydrogens is 228 g/mol. The van der Waals surface area contributed by atoms with Crippen LogP contribution in [0, 0.1) is 0 Å². The highest BCUT2D eigenvalue weighted by Gasteiger charge is 2.04. The molecule has 1 aromatic heterocycles. The van der Waals surface area contributed by atoms with Crippen LogP contribution in [0.15, 0.2) is 35.6 Å². The monoisotopic (exact) mass is 240 g/mol. The lowest BCUT2D eigenvalue weighted by Crippen LogP contribution is -2.09. The topological polar surface area (TPSA) is 38.9 Å². The van der Waals surface area contributed by atoms with E-state index in [4.69, 9.17) is 5.73 Å². The zero-order valence-corrected chi connectivity index (χ0v) is 9.00. The van der Waals surface area contributed by atoms with Crippen LogP contribution in [0.3, 0.4) is 0 Å². The van der Waals surface area contributed by atoms with Crippen molar-refractivity contribution < 1.29 is 0 Å². The largest absolute Gasteiger partial charge is 0.324 e. The van der Waals surface area contributed by atoms with Crippen molar-refractivity contribution in [2.75, 3.05) is 0 Å². The molecule has 0 saturated heterocycles. The van der Waals surface area contributed by atoms with Crippen molar-refractivity contribution >= 4 is 15.9 Å². The minimum atomic E-state index is 0.0681. The van der Waals surface area contributed by atoms with Gasteiger partial charge in [0.2, 0.25) is 0 Å². The fourth-order valence-electron chi connectivity index (χ4n) is 1.07. The molecule has 1 aromatic rings. The van der Waals surface area contributed by atoms with Gasteiger partial charge in [-0.25, -0.2) is 4.98 Å². The number of rotatable bonds is 4. The number of aromatic nitrogens is 1. The van der Waals surface area contributed by atoms with Gasteiger partial charge >= 0.3 is 0 Å². The van der Waals surface area contributed by atoms with Gasteiger partial charge in [-0.3, -0.25) is 0 Å². The van der Waals surface area contributed by atoms with Crippen molar-refractivity contribution in [3.8, 4) is 0 Å². The van der Waals surface area contributed by atoms with E-state index in [1.54, 1.807) is 6.20 Å². The summed E-state index contributed by atoms with van der Waals surface area (Å²) in [5, 5.41) is 0. The van der Waals surface area contributed by atoms with E-state index in [9.17, 15) is 0 Å². The highest BCUT2D eigenvalue weighted by atomic mass is 79.9. The summed E-state index contributed by atoms with van der Waals surface area (Å²) in [5.74, 6) is 0. The summed E-state index contributed by atoms with van der Waals surface area (Å²) in [6.45, 7) is 3.66. The SMILES string of the molecule is C=CCC[C@@H](N)c1ccc(Br)nc1. The predicted octanol–water partition coefficient (Wildman–Crippen LogP) is 2.81. The number of halogens is 1. The van der Waals surface area contributed by atoms with Gasteiger partial charge in [0, 0.05) is 12.2 Å². The zero-order valence-electron chi connectivity index (χ0n) is 7.41. The molecule has 0 bridgehead atoms. The highest BCUT2D eigenvalue weighted by Crippen LogP contribution is 2.16. The third kappa shape index (κ3) is 3.28. The predicted molar refractivity (Wildman–Crippen MR) is 58.3 cm³/mol. The lowest BCUT2D eigenvalue weighted by atomic mass is 10.1. The fourth-order valence-corrected chi connectivity index (χ4v) is 1.31. The molecule has 0 unspecified atom stereocenters. The average Bonchev–Trinajstić information content (AvgIpc) is 2.15. The molecule has 0 aliphatic rings. The molecular formula is C10H13BrN2. The van der Waals surface area contributed by atoms with E-state index in [1.165, 1.54) is 0 Å². The Balaban J connectivity index is 2.60. The summed E-state index contributed by atoms with van der Waals surface area (Å²) >= 11 is 3.28. The number of nitrogens with zero attached hydrogens (tertiary/aromatic N) is 1. The number of allylic oxidation sites excluding steroid dienone is 1. The Morgan fingerprint density at radius 1 is 1.62 bits per heavy atom. The lowest BCUT2D eigenvalue weighted by molar-refractivity contribution is 0.658. The first kappa shape index (κ1) is 10.4. The second kappa shape index (κ2) is 5.14. The first-order chi connectivity index (χ1) is 6.24. The first-order valence-electron chi connectivity index (χ1n) is 4.22. The standard InChI is InChI=1S/C10H13BrN2/c1-2-3-4-9(12)8-5-6-10(11)13-7-8/h2,5-7,9H,1,3-4,12H2/t9-/m1/s1. The molecule has 0 aliphatic carbocycles. The van der Waals surface area contributed by atoms with Crippen molar-refractivity contribution in [1.29, 1.82) is 0 Å². The number of hydrogen-bond acceptors (Lipinski definition) is 2. The van der Waals surface area contributed by atoms with E-state index in [0.29, 0.717) is 0 Å². The third-order valence-corrected chi connectivity index (χ3v) is 2.33. The van der Waals surface area contributed by atoms with Gasteiger partial charge in [-0.05, 0) is 40.4 Å². The second-order valence-corrected chi connectivity index (χ2v) is 3.70. The minimum absolute atomic E-state index is 0.0681. The number of nitrogens with two attached hydrogens (primary N) is 1. The second-order valence-electron chi connectivity index (χ2n) is 2.89. The maximum absolute atomic E-state index is 5.93. The van der Waals surface area contributed by atoms with Crippen molar-refractivity contribution in [1.82, 2.24) is 4.98 Å². The number of hydrogen-bond donors (Lipinski definition) is 1. The molecule has 1 atom stereocenters. The van der Waals surface area contributed by atoms with Crippen LogP contribution >= 0.6 is 15.9 Å². The summed E-state index contributed by atoms with van der Waals surface area (Å²) in [6.07, 6.45) is 5.55. The fraction of sp³-hybridized carbons (Fsp3) is 0.300. The summed E-state index contributed by atoms with van der Waals surface area (Å²) in [5.41, 5.74) is 7.00. The molecule has 3 heteroatoms. The van der Waals surface area contributed by atoms with Crippen molar-refractivity contribution in [3.05, 3.63) is 41.2 Å². The molecule has 0 amide bonds. The van der Waals surface area contributed by atoms with Gasteiger partial charge in [-0.1, -0.05) is 12.1 Å². The summed E-state index contributed by atoms with van der Waals surface area (Å²) < 4.78 is 0.840. The molecule has 1 heterocycles. The summed E-state index contributed by atoms with van der Waals surface area (Å²) in [7, 11) is 0. The van der Waals surface area contributed by atoms with E-state index in [-0.39, 0.29) is 6.04 Å². The van der Waals surface area contributed by atoms with Gasteiger partial charge in [-0.2, -0.15) is 0 Å². The summed E-state index contributed by atoms with van der Waals surface area (Å²) in [6, 6.07) is 3.96. The highest BCUT2D eigenvalue weighted by molar-refractivity contribution is 9.10. The molecule has 0 saturated carbocycles. The van der Waals surface area contributed by atoms with E-state index in [0.717, 1.165) is 23.0 Å². The van der Waals surface area contributed by atoms with Gasteiger partial charge < -0.3 is 5.73 Å². The maximum Gasteiger partial charge on any atom is 0.106 e. The lowest BCUT2D eigenvalue weighted by Gasteiger charge is -2.09. The Kier molecular flexibility index (Phi) is 4.12. The minimum Gasteiger partial charge on any atom is -0.324 e. The quantitative estimate of drug-likeness (QED) is 0.650.